The third kappa shape index (κ3) is 7.71. The van der Waals surface area contributed by atoms with Crippen LogP contribution in [-0.4, -0.2) is 70.0 Å². The van der Waals surface area contributed by atoms with Gasteiger partial charge >= 0.3 is 0 Å². The highest BCUT2D eigenvalue weighted by molar-refractivity contribution is 7.89. The van der Waals surface area contributed by atoms with Crippen LogP contribution < -0.4 is 15.5 Å². The summed E-state index contributed by atoms with van der Waals surface area (Å²) in [5.74, 6) is -0.924. The number of morpholine rings is 1. The number of anilines is 2. The zero-order chi connectivity index (χ0) is 30.5. The van der Waals surface area contributed by atoms with Gasteiger partial charge in [-0.2, -0.15) is 4.31 Å². The van der Waals surface area contributed by atoms with Gasteiger partial charge in [-0.15, -0.1) is 0 Å². The van der Waals surface area contributed by atoms with Crippen molar-refractivity contribution >= 4 is 33.2 Å². The third-order valence-electron chi connectivity index (χ3n) is 8.03. The average molecular weight is 599 g/mol. The Labute approximate surface area is 251 Å². The van der Waals surface area contributed by atoms with Gasteiger partial charge in [0.2, 0.25) is 15.9 Å². The van der Waals surface area contributed by atoms with Gasteiger partial charge in [-0.05, 0) is 60.1 Å². The van der Waals surface area contributed by atoms with Crippen molar-refractivity contribution in [3.63, 3.8) is 0 Å². The largest absolute Gasteiger partial charge is 0.379 e. The number of carbonyl (C=O) groups excluding carboxylic acids is 2. The molecular weight excluding hydrogens is 552 g/mol. The molecule has 2 N–H and O–H groups in total. The molecule has 9 nitrogen and oxygen atoms in total. The molecule has 0 aromatic heterocycles. The molecular formula is C32H46N4O5S. The molecule has 42 heavy (non-hydrogen) atoms. The van der Waals surface area contributed by atoms with Crippen LogP contribution in [0.2, 0.25) is 0 Å². The Hall–Kier alpha value is -2.95. The van der Waals surface area contributed by atoms with E-state index in [0.29, 0.717) is 24.5 Å². The molecule has 2 saturated heterocycles. The first-order valence-electron chi connectivity index (χ1n) is 15.1. The highest BCUT2D eigenvalue weighted by Gasteiger charge is 2.30. The minimum Gasteiger partial charge on any atom is -0.379 e. The van der Waals surface area contributed by atoms with E-state index in [1.54, 1.807) is 30.3 Å². The van der Waals surface area contributed by atoms with Crippen LogP contribution >= 0.6 is 0 Å². The van der Waals surface area contributed by atoms with Crippen molar-refractivity contribution in [1.29, 1.82) is 0 Å². The molecule has 2 aromatic carbocycles. The predicted octanol–water partition coefficient (Wildman–Crippen LogP) is 4.78. The summed E-state index contributed by atoms with van der Waals surface area (Å²) >= 11 is 0. The third-order valence-corrected chi connectivity index (χ3v) is 9.92. The summed E-state index contributed by atoms with van der Waals surface area (Å²) in [5, 5.41) is 5.92. The minimum absolute atomic E-state index is 0.0375. The molecule has 0 unspecified atom stereocenters. The summed E-state index contributed by atoms with van der Waals surface area (Å²) < 4.78 is 33.7. The molecule has 0 radical (unpaired) electrons. The number of rotatable bonds is 8. The van der Waals surface area contributed by atoms with Crippen molar-refractivity contribution in [2.75, 3.05) is 49.6 Å². The smallest absolute Gasteiger partial charge is 0.251 e. The lowest BCUT2D eigenvalue weighted by molar-refractivity contribution is -0.118. The summed E-state index contributed by atoms with van der Waals surface area (Å²) in [5.41, 5.74) is 2.78. The van der Waals surface area contributed by atoms with Crippen molar-refractivity contribution < 1.29 is 22.7 Å². The van der Waals surface area contributed by atoms with Gasteiger partial charge in [0, 0.05) is 31.7 Å². The molecule has 2 amide bonds. The normalized spacial score (nSPS) is 17.9. The Morgan fingerprint density at radius 1 is 0.881 bits per heavy atom. The fourth-order valence-electron chi connectivity index (χ4n) is 5.39. The van der Waals surface area contributed by atoms with Gasteiger partial charge in [0.25, 0.3) is 5.91 Å². The zero-order valence-electron chi connectivity index (χ0n) is 25.6. The molecule has 2 aliphatic heterocycles. The van der Waals surface area contributed by atoms with Crippen LogP contribution in [0, 0.1) is 5.92 Å². The highest BCUT2D eigenvalue weighted by Crippen LogP contribution is 2.32. The Morgan fingerprint density at radius 2 is 1.50 bits per heavy atom. The van der Waals surface area contributed by atoms with E-state index in [4.69, 9.17) is 4.74 Å². The standard InChI is InChI=1S/C32H46N4O5S/c1-23(2)29(34-30(37)24-10-12-25(13-11-24)32(3,4)5)31(38)33-27-22-26(42(39,40)36-18-20-41-21-19-36)14-15-28(27)35-16-8-6-7-9-17-35/h10-15,22-23,29H,6-9,16-21H2,1-5H3,(H,33,38)(H,34,37)/t29-/m0/s1. The fourth-order valence-corrected chi connectivity index (χ4v) is 6.83. The fraction of sp³-hybridized carbons (Fsp3) is 0.562. The summed E-state index contributed by atoms with van der Waals surface area (Å²) in [6, 6.07) is 11.6. The Kier molecular flexibility index (Phi) is 10.3. The topological polar surface area (TPSA) is 108 Å². The molecule has 0 saturated carbocycles. The molecule has 4 rings (SSSR count). The number of nitrogens with one attached hydrogen (secondary N) is 2. The number of amides is 2. The van der Waals surface area contributed by atoms with Crippen LogP contribution in [0.1, 0.15) is 76.2 Å². The molecule has 10 heteroatoms. The lowest BCUT2D eigenvalue weighted by Gasteiger charge is -2.29. The molecule has 0 bridgehead atoms. The second-order valence-corrected chi connectivity index (χ2v) is 14.5. The van der Waals surface area contributed by atoms with E-state index >= 15 is 0 Å². The Morgan fingerprint density at radius 3 is 2.07 bits per heavy atom. The number of hydrogen-bond acceptors (Lipinski definition) is 6. The van der Waals surface area contributed by atoms with E-state index in [-0.39, 0.29) is 41.1 Å². The highest BCUT2D eigenvalue weighted by atomic mass is 32.2. The number of hydrogen-bond donors (Lipinski definition) is 2. The van der Waals surface area contributed by atoms with Gasteiger partial charge in [0.15, 0.2) is 0 Å². The average Bonchev–Trinajstić information content (AvgIpc) is 3.25. The summed E-state index contributed by atoms with van der Waals surface area (Å²) in [4.78, 5) is 29.3. The molecule has 1 atom stereocenters. The number of ether oxygens (including phenoxy) is 1. The maximum atomic E-state index is 13.8. The molecule has 2 aliphatic rings. The van der Waals surface area contributed by atoms with E-state index in [9.17, 15) is 18.0 Å². The van der Waals surface area contributed by atoms with Crippen molar-refractivity contribution in [2.45, 2.75) is 76.7 Å². The number of nitrogens with zero attached hydrogens (tertiary/aromatic N) is 2. The van der Waals surface area contributed by atoms with E-state index < -0.39 is 16.1 Å². The van der Waals surface area contributed by atoms with Crippen molar-refractivity contribution in [2.24, 2.45) is 5.92 Å². The predicted molar refractivity (Wildman–Crippen MR) is 167 cm³/mol. The van der Waals surface area contributed by atoms with Gasteiger partial charge in [-0.1, -0.05) is 59.6 Å². The lowest BCUT2D eigenvalue weighted by atomic mass is 9.86. The van der Waals surface area contributed by atoms with Crippen LogP contribution in [0.3, 0.4) is 0 Å². The van der Waals surface area contributed by atoms with Crippen LogP contribution in [0.4, 0.5) is 11.4 Å². The van der Waals surface area contributed by atoms with E-state index in [2.05, 4.69) is 36.3 Å². The molecule has 2 aromatic rings. The lowest BCUT2D eigenvalue weighted by Crippen LogP contribution is -2.47. The number of sulfonamides is 1. The molecule has 0 aliphatic carbocycles. The van der Waals surface area contributed by atoms with Crippen molar-refractivity contribution in [3.05, 3.63) is 53.6 Å². The van der Waals surface area contributed by atoms with Gasteiger partial charge in [0.05, 0.1) is 29.5 Å². The van der Waals surface area contributed by atoms with E-state index in [1.807, 2.05) is 26.0 Å². The monoisotopic (exact) mass is 598 g/mol. The summed E-state index contributed by atoms with van der Waals surface area (Å²) in [6.45, 7) is 13.0. The molecule has 2 heterocycles. The van der Waals surface area contributed by atoms with Gasteiger partial charge < -0.3 is 20.3 Å². The maximum Gasteiger partial charge on any atom is 0.251 e. The second-order valence-electron chi connectivity index (χ2n) is 12.6. The first-order chi connectivity index (χ1) is 19.9. The van der Waals surface area contributed by atoms with E-state index in [1.165, 1.54) is 4.31 Å². The number of carbonyl (C=O) groups is 2. The van der Waals surface area contributed by atoms with Crippen molar-refractivity contribution in [1.82, 2.24) is 9.62 Å². The first-order valence-corrected chi connectivity index (χ1v) is 16.5. The van der Waals surface area contributed by atoms with Crippen LogP contribution in [-0.2, 0) is 25.0 Å². The number of benzene rings is 2. The minimum atomic E-state index is -3.77. The SMILES string of the molecule is CC(C)[C@H](NC(=O)c1ccc(C(C)(C)C)cc1)C(=O)Nc1cc(S(=O)(=O)N2CCOCC2)ccc1N1CCCCCC1. The zero-order valence-corrected chi connectivity index (χ0v) is 26.4. The Balaban J connectivity index is 1.61. The first kappa shape index (κ1) is 32.0. The van der Waals surface area contributed by atoms with E-state index in [0.717, 1.165) is 50.0 Å². The van der Waals surface area contributed by atoms with Crippen molar-refractivity contribution in [3.8, 4) is 0 Å². The van der Waals surface area contributed by atoms with Crippen LogP contribution in [0.5, 0.6) is 0 Å². The van der Waals surface area contributed by atoms with Gasteiger partial charge in [0.1, 0.15) is 6.04 Å². The Bertz CT molecular complexity index is 1340. The molecule has 230 valence electrons. The van der Waals surface area contributed by atoms with Gasteiger partial charge in [-0.25, -0.2) is 8.42 Å². The quantitative estimate of drug-likeness (QED) is 0.453. The van der Waals surface area contributed by atoms with Gasteiger partial charge in [-0.3, -0.25) is 9.59 Å². The van der Waals surface area contributed by atoms with Crippen LogP contribution in [0.25, 0.3) is 0 Å². The summed E-state index contributed by atoms with van der Waals surface area (Å²) in [6.07, 6.45) is 4.33. The summed E-state index contributed by atoms with van der Waals surface area (Å²) in [7, 11) is -3.77. The molecule has 0 spiro atoms. The van der Waals surface area contributed by atoms with Crippen LogP contribution in [0.15, 0.2) is 47.4 Å². The molecule has 2 fully saturated rings. The maximum absolute atomic E-state index is 13.8. The second kappa shape index (κ2) is 13.6.